The fourth-order valence-corrected chi connectivity index (χ4v) is 4.15. The quantitative estimate of drug-likeness (QED) is 0.0711. The first-order valence-corrected chi connectivity index (χ1v) is 12.1. The molecule has 0 aliphatic carbocycles. The van der Waals surface area contributed by atoms with E-state index < -0.39 is 75.4 Å². The van der Waals surface area contributed by atoms with Crippen molar-refractivity contribution >= 4 is 22.9 Å². The van der Waals surface area contributed by atoms with Crippen molar-refractivity contribution in [1.29, 1.82) is 0 Å². The summed E-state index contributed by atoms with van der Waals surface area (Å²) in [6.45, 7) is 1.23. The number of allylic oxidation sites excluding steroid dienone is 1. The number of esters is 1. The first-order valence-electron chi connectivity index (χ1n) is 12.1. The largest absolute Gasteiger partial charge is 0.495 e. The number of nitro benzene ring substituents is 1. The highest BCUT2D eigenvalue weighted by Gasteiger charge is 2.44. The lowest BCUT2D eigenvalue weighted by atomic mass is 9.82. The number of hydrogen-bond acceptors (Lipinski definition) is 9. The van der Waals surface area contributed by atoms with Crippen molar-refractivity contribution in [3.63, 3.8) is 0 Å². The first kappa shape index (κ1) is 31.6. The van der Waals surface area contributed by atoms with E-state index in [-0.39, 0.29) is 44.4 Å². The van der Waals surface area contributed by atoms with Crippen LogP contribution in [-0.2, 0) is 30.3 Å². The molecule has 2 unspecified atom stereocenters. The minimum atomic E-state index is -2.38. The molecule has 2 aromatic carbocycles. The van der Waals surface area contributed by atoms with Gasteiger partial charge in [0.25, 0.3) is 5.69 Å². The molecule has 0 amide bonds. The molecule has 10 nitrogen and oxygen atoms in total. The van der Waals surface area contributed by atoms with Crippen LogP contribution in [0.5, 0.6) is 0 Å². The molecule has 2 N–H and O–H groups in total. The van der Waals surface area contributed by atoms with Crippen LogP contribution in [0.25, 0.3) is 5.57 Å². The normalized spacial score (nSPS) is 16.9. The number of nitrogens with zero attached hydrogens (tertiary/aromatic N) is 2. The smallest absolute Gasteiger partial charge is 0.316 e. The summed E-state index contributed by atoms with van der Waals surface area (Å²) in [6, 6.07) is 3.74. The third-order valence-electron chi connectivity index (χ3n) is 6.02. The number of rotatable bonds is 13. The van der Waals surface area contributed by atoms with Gasteiger partial charge in [0, 0.05) is 24.3 Å². The van der Waals surface area contributed by atoms with Crippen molar-refractivity contribution in [2.24, 2.45) is 16.6 Å². The van der Waals surface area contributed by atoms with Gasteiger partial charge in [-0.1, -0.05) is 0 Å². The molecule has 0 aromatic heterocycles. The number of carbonyl (C=O) groups excluding carboxylic acids is 1. The highest BCUT2D eigenvalue weighted by atomic mass is 19.2. The van der Waals surface area contributed by atoms with Crippen LogP contribution >= 0.6 is 0 Å². The summed E-state index contributed by atoms with van der Waals surface area (Å²) in [6.07, 6.45) is 0. The zero-order valence-electron chi connectivity index (χ0n) is 21.9. The Morgan fingerprint density at radius 2 is 1.56 bits per heavy atom. The lowest BCUT2D eigenvalue weighted by molar-refractivity contribution is -0.384. The summed E-state index contributed by atoms with van der Waals surface area (Å²) >= 11 is 0. The van der Waals surface area contributed by atoms with E-state index in [4.69, 9.17) is 24.7 Å². The number of hydrogen-bond donors (Lipinski definition) is 1. The first-order chi connectivity index (χ1) is 19.5. The van der Waals surface area contributed by atoms with Gasteiger partial charge in [-0.3, -0.25) is 19.9 Å². The van der Waals surface area contributed by atoms with Gasteiger partial charge in [0.2, 0.25) is 5.82 Å². The maximum atomic E-state index is 15.1. The maximum absolute atomic E-state index is 15.1. The van der Waals surface area contributed by atoms with E-state index in [2.05, 4.69) is 4.99 Å². The third-order valence-corrected chi connectivity index (χ3v) is 6.02. The van der Waals surface area contributed by atoms with Crippen molar-refractivity contribution in [3.05, 3.63) is 80.4 Å². The van der Waals surface area contributed by atoms with Gasteiger partial charge in [-0.15, -0.1) is 0 Å². The third kappa shape index (κ3) is 7.04. The average molecular weight is 587 g/mol. The molecule has 2 aromatic rings. The monoisotopic (exact) mass is 587 g/mol. The van der Waals surface area contributed by atoms with Crippen LogP contribution in [0.15, 0.2) is 35.0 Å². The number of aliphatic imine (C=N–C) groups is 1. The summed E-state index contributed by atoms with van der Waals surface area (Å²) in [4.78, 5) is 28.0. The molecule has 0 spiro atoms. The van der Waals surface area contributed by atoms with Gasteiger partial charge in [0.1, 0.15) is 18.3 Å². The Morgan fingerprint density at radius 3 is 2.12 bits per heavy atom. The summed E-state index contributed by atoms with van der Waals surface area (Å²) in [5.41, 5.74) is 3.40. The maximum Gasteiger partial charge on any atom is 0.316 e. The Labute approximate surface area is 230 Å². The SMILES string of the molecule is COC1=C(c2c(F)c(F)c(F)c(F)c2F)C(C(=O)OCc2ccc([N+](=O)[O-])cc2)C(COCCOCCN)N=C1C. The van der Waals surface area contributed by atoms with Crippen molar-refractivity contribution in [3.8, 4) is 0 Å². The number of nitro groups is 1. The highest BCUT2D eigenvalue weighted by molar-refractivity contribution is 6.08. The molecular weight excluding hydrogens is 561 g/mol. The van der Waals surface area contributed by atoms with Gasteiger partial charge in [-0.05, 0) is 24.6 Å². The van der Waals surface area contributed by atoms with Crippen molar-refractivity contribution in [2.45, 2.75) is 19.6 Å². The molecule has 41 heavy (non-hydrogen) atoms. The molecule has 0 fully saturated rings. The number of halogens is 5. The fourth-order valence-electron chi connectivity index (χ4n) is 4.15. The number of dihydropyridines is 1. The average Bonchev–Trinajstić information content (AvgIpc) is 2.96. The van der Waals surface area contributed by atoms with Crippen LogP contribution in [0.1, 0.15) is 18.1 Å². The topological polar surface area (TPSA) is 136 Å². The molecule has 0 saturated carbocycles. The Hall–Kier alpha value is -3.95. The number of ether oxygens (including phenoxy) is 4. The van der Waals surface area contributed by atoms with Crippen LogP contribution in [0.2, 0.25) is 0 Å². The minimum Gasteiger partial charge on any atom is -0.495 e. The molecule has 0 saturated heterocycles. The van der Waals surface area contributed by atoms with E-state index in [0.29, 0.717) is 5.56 Å². The van der Waals surface area contributed by atoms with E-state index >= 15 is 8.78 Å². The summed E-state index contributed by atoms with van der Waals surface area (Å²) < 4.78 is 93.8. The molecular formula is C26H26F5N3O7. The molecule has 3 rings (SSSR count). The van der Waals surface area contributed by atoms with Crippen LogP contribution in [0.4, 0.5) is 27.6 Å². The zero-order chi connectivity index (χ0) is 30.3. The van der Waals surface area contributed by atoms with Crippen LogP contribution in [0.3, 0.4) is 0 Å². The summed E-state index contributed by atoms with van der Waals surface area (Å²) in [7, 11) is 1.07. The van der Waals surface area contributed by atoms with Crippen molar-refractivity contribution in [2.75, 3.05) is 40.1 Å². The van der Waals surface area contributed by atoms with Crippen LogP contribution < -0.4 is 5.73 Å². The van der Waals surface area contributed by atoms with Gasteiger partial charge in [0.05, 0.1) is 55.8 Å². The van der Waals surface area contributed by atoms with E-state index in [0.717, 1.165) is 7.11 Å². The number of methoxy groups -OCH3 is 1. The van der Waals surface area contributed by atoms with Crippen molar-refractivity contribution in [1.82, 2.24) is 0 Å². The second-order valence-electron chi connectivity index (χ2n) is 8.66. The Kier molecular flexibility index (Phi) is 10.9. The standard InChI is InChI=1S/C26H26F5N3O7/c1-13-25(38-2)18(19-20(27)22(29)24(31)23(30)21(19)28)17(16(33-13)12-40-10-9-39-8-7-32)26(35)41-11-14-3-5-15(6-4-14)34(36)37/h3-6,16-17H,7-12,32H2,1-2H3. The van der Waals surface area contributed by atoms with Gasteiger partial charge in [-0.2, -0.15) is 0 Å². The van der Waals surface area contributed by atoms with E-state index in [1.54, 1.807) is 0 Å². The second-order valence-corrected chi connectivity index (χ2v) is 8.66. The molecule has 2 atom stereocenters. The van der Waals surface area contributed by atoms with E-state index in [1.165, 1.54) is 31.2 Å². The van der Waals surface area contributed by atoms with E-state index in [1.807, 2.05) is 0 Å². The molecule has 15 heteroatoms. The van der Waals surface area contributed by atoms with Gasteiger partial charge in [0.15, 0.2) is 23.3 Å². The number of nitrogens with two attached hydrogens (primary N) is 1. The Morgan fingerprint density at radius 1 is 0.976 bits per heavy atom. The molecule has 222 valence electrons. The highest BCUT2D eigenvalue weighted by Crippen LogP contribution is 2.40. The molecule has 1 aliphatic rings. The van der Waals surface area contributed by atoms with Gasteiger partial charge in [-0.25, -0.2) is 22.0 Å². The number of non-ortho nitro benzene ring substituents is 1. The molecule has 1 heterocycles. The molecule has 1 aliphatic heterocycles. The van der Waals surface area contributed by atoms with E-state index in [9.17, 15) is 28.1 Å². The predicted octanol–water partition coefficient (Wildman–Crippen LogP) is 3.84. The van der Waals surface area contributed by atoms with Crippen LogP contribution in [-0.4, -0.2) is 62.7 Å². The lowest BCUT2D eigenvalue weighted by Gasteiger charge is -2.31. The number of benzene rings is 2. The molecule has 0 radical (unpaired) electrons. The lowest BCUT2D eigenvalue weighted by Crippen LogP contribution is -2.39. The number of carbonyl (C=O) groups is 1. The Balaban J connectivity index is 2.03. The Bertz CT molecular complexity index is 1320. The molecule has 0 bridgehead atoms. The van der Waals surface area contributed by atoms with Gasteiger partial charge >= 0.3 is 5.97 Å². The minimum absolute atomic E-state index is 0.00107. The second kappa shape index (κ2) is 14.1. The van der Waals surface area contributed by atoms with Gasteiger partial charge < -0.3 is 24.7 Å². The zero-order valence-corrected chi connectivity index (χ0v) is 21.9. The summed E-state index contributed by atoms with van der Waals surface area (Å²) in [5, 5.41) is 10.9. The summed E-state index contributed by atoms with van der Waals surface area (Å²) in [5.74, 6) is -14.5. The van der Waals surface area contributed by atoms with Crippen LogP contribution in [0, 0.1) is 45.1 Å². The fraction of sp³-hybridized carbons (Fsp3) is 0.385. The van der Waals surface area contributed by atoms with Crippen molar-refractivity contribution < 1.29 is 50.6 Å². The predicted molar refractivity (Wildman–Crippen MR) is 134 cm³/mol.